The van der Waals surface area contributed by atoms with Crippen molar-refractivity contribution in [3.63, 3.8) is 0 Å². The van der Waals surface area contributed by atoms with Gasteiger partial charge in [-0.15, -0.1) is 0 Å². The van der Waals surface area contributed by atoms with Gasteiger partial charge in [-0.05, 0) is 65.5 Å². The lowest BCUT2D eigenvalue weighted by molar-refractivity contribution is -0.131. The van der Waals surface area contributed by atoms with E-state index < -0.39 is 67.2 Å². The number of nitrogens with zero attached hydrogens (tertiary/aromatic N) is 2. The molecule has 4 amide bonds. The normalized spacial score (nSPS) is 13.4. The van der Waals surface area contributed by atoms with Gasteiger partial charge in [0.05, 0.1) is 12.1 Å². The maximum Gasteiger partial charge on any atom is 0.417 e. The third-order valence-electron chi connectivity index (χ3n) is 5.72. The van der Waals surface area contributed by atoms with Crippen molar-refractivity contribution in [3.8, 4) is 0 Å². The van der Waals surface area contributed by atoms with Crippen molar-refractivity contribution in [3.05, 3.63) is 71.8 Å². The van der Waals surface area contributed by atoms with Crippen molar-refractivity contribution >= 4 is 31.4 Å². The number of benzene rings is 2. The zero-order valence-electron chi connectivity index (χ0n) is 25.6. The maximum atomic E-state index is 13.6. The van der Waals surface area contributed by atoms with Crippen LogP contribution in [0, 0.1) is 0 Å². The van der Waals surface area contributed by atoms with E-state index in [4.69, 9.17) is 20.9 Å². The number of ether oxygens (including phenoxy) is 2. The van der Waals surface area contributed by atoms with Gasteiger partial charge in [0.2, 0.25) is 19.2 Å². The largest absolute Gasteiger partial charge is 0.443 e. The van der Waals surface area contributed by atoms with Gasteiger partial charge in [0.15, 0.2) is 0 Å². The molecule has 2 atom stereocenters. The summed E-state index contributed by atoms with van der Waals surface area (Å²) in [5.74, 6) is -1.94. The fourth-order valence-electron chi connectivity index (χ4n) is 3.87. The summed E-state index contributed by atoms with van der Waals surface area (Å²) in [7, 11) is -4.70. The minimum atomic E-state index is -4.70. The minimum absolute atomic E-state index is 0.0333. The molecule has 0 saturated carbocycles. The van der Waals surface area contributed by atoms with Crippen molar-refractivity contribution in [2.24, 2.45) is 11.5 Å². The van der Waals surface area contributed by atoms with Crippen LogP contribution in [0.4, 0.5) is 9.59 Å². The summed E-state index contributed by atoms with van der Waals surface area (Å²) in [6.45, 7) is 9.38. The Balaban J connectivity index is 2.37. The topological polar surface area (TPSA) is 183 Å². The van der Waals surface area contributed by atoms with Gasteiger partial charge in [-0.1, -0.05) is 60.7 Å². The van der Waals surface area contributed by atoms with Crippen molar-refractivity contribution in [1.82, 2.24) is 9.80 Å². The van der Waals surface area contributed by atoms with Crippen LogP contribution >= 0.6 is 7.37 Å². The second-order valence-corrected chi connectivity index (χ2v) is 14.5. The number of carbonyl (C=O) groups excluding carboxylic acids is 4. The van der Waals surface area contributed by atoms with E-state index in [1.807, 2.05) is 0 Å². The predicted octanol–water partition coefficient (Wildman–Crippen LogP) is 3.84. The summed E-state index contributed by atoms with van der Waals surface area (Å²) in [5, 5.41) is 0. The Morgan fingerprint density at radius 2 is 1.00 bits per heavy atom. The van der Waals surface area contributed by atoms with Crippen LogP contribution in [0.25, 0.3) is 0 Å². The number of amides is 4. The van der Waals surface area contributed by atoms with Gasteiger partial charge in [0, 0.05) is 0 Å². The van der Waals surface area contributed by atoms with Gasteiger partial charge < -0.3 is 25.8 Å². The second-order valence-electron chi connectivity index (χ2n) is 12.2. The Labute approximate surface area is 252 Å². The first-order valence-corrected chi connectivity index (χ1v) is 15.8. The summed E-state index contributed by atoms with van der Waals surface area (Å²) >= 11 is 0. The molecule has 13 heteroatoms. The lowest BCUT2D eigenvalue weighted by Gasteiger charge is -2.32. The fraction of sp³-hybridized carbons (Fsp3) is 0.467. The summed E-state index contributed by atoms with van der Waals surface area (Å²) in [5.41, 5.74) is 11.5. The lowest BCUT2D eigenvalue weighted by Crippen LogP contribution is -2.51. The second kappa shape index (κ2) is 14.7. The van der Waals surface area contributed by atoms with Crippen LogP contribution in [-0.2, 0) is 36.5 Å². The molecule has 0 aliphatic heterocycles. The SMILES string of the molecule is CC(C)(C)OC(=O)N(CP(=O)(O)CN(C(=O)OC(C)(C)C)C(=O)[C@@H](N)Cc1ccccc1)C(=O)[C@@H](N)Cc1ccccc1. The van der Waals surface area contributed by atoms with Crippen LogP contribution in [0.3, 0.4) is 0 Å². The Morgan fingerprint density at radius 3 is 1.28 bits per heavy atom. The number of carbonyl (C=O) groups is 4. The van der Waals surface area contributed by atoms with E-state index in [2.05, 4.69) is 0 Å². The molecule has 0 radical (unpaired) electrons. The van der Waals surface area contributed by atoms with Gasteiger partial charge in [-0.25, -0.2) is 19.4 Å². The molecular weight excluding hydrogens is 575 g/mol. The van der Waals surface area contributed by atoms with E-state index in [9.17, 15) is 28.6 Å². The maximum absolute atomic E-state index is 13.6. The zero-order chi connectivity index (χ0) is 32.6. The highest BCUT2D eigenvalue weighted by molar-refractivity contribution is 7.57. The van der Waals surface area contributed by atoms with Crippen molar-refractivity contribution in [2.45, 2.75) is 77.7 Å². The first-order valence-electron chi connectivity index (χ1n) is 13.8. The first kappa shape index (κ1) is 35.6. The highest BCUT2D eigenvalue weighted by Gasteiger charge is 2.40. The minimum Gasteiger partial charge on any atom is -0.443 e. The lowest BCUT2D eigenvalue weighted by atomic mass is 10.1. The summed E-state index contributed by atoms with van der Waals surface area (Å²) in [4.78, 5) is 64.9. The molecule has 0 spiro atoms. The van der Waals surface area contributed by atoms with E-state index >= 15 is 0 Å². The Bertz CT molecular complexity index is 1210. The smallest absolute Gasteiger partial charge is 0.417 e. The number of hydrogen-bond donors (Lipinski definition) is 3. The quantitative estimate of drug-likeness (QED) is 0.331. The van der Waals surface area contributed by atoms with Gasteiger partial charge in [-0.2, -0.15) is 0 Å². The van der Waals surface area contributed by atoms with Crippen LogP contribution in [0.15, 0.2) is 60.7 Å². The molecule has 2 aromatic carbocycles. The average Bonchev–Trinajstić information content (AvgIpc) is 2.88. The molecule has 2 aromatic rings. The van der Waals surface area contributed by atoms with Crippen molar-refractivity contribution in [2.75, 3.05) is 12.6 Å². The van der Waals surface area contributed by atoms with Crippen molar-refractivity contribution in [1.29, 1.82) is 0 Å². The molecule has 0 unspecified atom stereocenters. The van der Waals surface area contributed by atoms with Gasteiger partial charge in [0.1, 0.15) is 23.8 Å². The van der Waals surface area contributed by atoms with Gasteiger partial charge >= 0.3 is 12.2 Å². The molecule has 12 nitrogen and oxygen atoms in total. The summed E-state index contributed by atoms with van der Waals surface area (Å²) in [6, 6.07) is 15.0. The molecule has 0 bridgehead atoms. The highest BCUT2D eigenvalue weighted by Crippen LogP contribution is 2.43. The van der Waals surface area contributed by atoms with E-state index in [1.54, 1.807) is 102 Å². The molecule has 43 heavy (non-hydrogen) atoms. The van der Waals surface area contributed by atoms with Gasteiger partial charge in [0.25, 0.3) is 0 Å². The number of nitrogens with two attached hydrogens (primary N) is 2. The van der Waals surface area contributed by atoms with E-state index in [-0.39, 0.29) is 12.8 Å². The summed E-state index contributed by atoms with van der Waals surface area (Å²) in [6.07, 6.45) is -4.50. The Kier molecular flexibility index (Phi) is 12.2. The first-order chi connectivity index (χ1) is 19.8. The molecule has 0 fully saturated rings. The molecule has 0 aliphatic rings. The van der Waals surface area contributed by atoms with E-state index in [0.29, 0.717) is 20.9 Å². The van der Waals surface area contributed by atoms with Crippen LogP contribution in [-0.4, -0.2) is 74.6 Å². The average molecular weight is 619 g/mol. The zero-order valence-corrected chi connectivity index (χ0v) is 26.5. The highest BCUT2D eigenvalue weighted by atomic mass is 31.2. The Morgan fingerprint density at radius 1 is 0.698 bits per heavy atom. The van der Waals surface area contributed by atoms with Crippen molar-refractivity contribution < 1.29 is 38.1 Å². The molecule has 0 aliphatic carbocycles. The standard InChI is InChI=1S/C30H43N4O8P/c1-29(2,3)41-27(37)33(25(35)23(31)17-21-13-9-7-10-14-21)19-43(39,40)20-34(28(38)42-30(4,5)6)26(36)24(32)18-22-15-11-8-12-16-22/h7-16,23-24H,17-20,31-32H2,1-6H3,(H,39,40)/t23-,24-/m0/s1. The van der Waals surface area contributed by atoms with Crippen LogP contribution < -0.4 is 11.5 Å². The fourth-order valence-corrected chi connectivity index (χ4v) is 5.35. The van der Waals surface area contributed by atoms with E-state index in [1.165, 1.54) is 0 Å². The third-order valence-corrected chi connectivity index (χ3v) is 7.17. The molecule has 2 rings (SSSR count). The molecule has 5 N–H and O–H groups in total. The van der Waals surface area contributed by atoms with E-state index in [0.717, 1.165) is 0 Å². The van der Waals surface area contributed by atoms with Crippen LogP contribution in [0.1, 0.15) is 52.7 Å². The summed E-state index contributed by atoms with van der Waals surface area (Å²) < 4.78 is 24.3. The molecule has 0 heterocycles. The van der Waals surface area contributed by atoms with Crippen LogP contribution in [0.2, 0.25) is 0 Å². The molecule has 0 aromatic heterocycles. The molecule has 236 valence electrons. The third kappa shape index (κ3) is 12.3. The predicted molar refractivity (Wildman–Crippen MR) is 162 cm³/mol. The number of rotatable bonds is 10. The Hall–Kier alpha value is -3.57. The molecular formula is C30H43N4O8P. The number of imide groups is 2. The molecule has 0 saturated heterocycles. The monoisotopic (exact) mass is 618 g/mol. The van der Waals surface area contributed by atoms with Crippen LogP contribution in [0.5, 0.6) is 0 Å². The number of hydrogen-bond acceptors (Lipinski definition) is 9. The van der Waals surface area contributed by atoms with Gasteiger partial charge in [-0.3, -0.25) is 14.2 Å².